The molecule has 0 aliphatic heterocycles. The highest BCUT2D eigenvalue weighted by Crippen LogP contribution is 2.13. The van der Waals surface area contributed by atoms with Crippen molar-refractivity contribution in [1.29, 1.82) is 0 Å². The highest BCUT2D eigenvalue weighted by atomic mass is 32.2. The van der Waals surface area contributed by atoms with Crippen LogP contribution in [0.1, 0.15) is 5.56 Å². The Morgan fingerprint density at radius 2 is 1.75 bits per heavy atom. The van der Waals surface area contributed by atoms with Gasteiger partial charge in [0.15, 0.2) is 0 Å². The summed E-state index contributed by atoms with van der Waals surface area (Å²) in [6, 6.07) is 11.5. The monoisotopic (exact) mass is 294 g/mol. The number of hydrogen-bond acceptors (Lipinski definition) is 4. The van der Waals surface area contributed by atoms with E-state index in [0.717, 1.165) is 0 Å². The van der Waals surface area contributed by atoms with Gasteiger partial charge in [-0.05, 0) is 30.3 Å². The van der Waals surface area contributed by atoms with Crippen molar-refractivity contribution in [2.75, 3.05) is 5.43 Å². The Morgan fingerprint density at radius 1 is 1.10 bits per heavy atom. The predicted molar refractivity (Wildman–Crippen MR) is 73.9 cm³/mol. The Balaban J connectivity index is 2.07. The van der Waals surface area contributed by atoms with Gasteiger partial charge in [-0.15, -0.1) is 0 Å². The van der Waals surface area contributed by atoms with Crippen LogP contribution in [0.15, 0.2) is 58.5 Å². The third kappa shape index (κ3) is 3.62. The van der Waals surface area contributed by atoms with E-state index in [1.807, 2.05) is 0 Å². The number of rotatable bonds is 4. The number of benzene rings is 2. The molecule has 0 aliphatic rings. The molecule has 7 heteroatoms. The maximum atomic E-state index is 13.3. The minimum atomic E-state index is -4.20. The summed E-state index contributed by atoms with van der Waals surface area (Å²) in [6.45, 7) is 0. The van der Waals surface area contributed by atoms with Crippen LogP contribution in [-0.4, -0.2) is 19.2 Å². The summed E-state index contributed by atoms with van der Waals surface area (Å²) in [4.78, 5) is -0.207. The average molecular weight is 294 g/mol. The van der Waals surface area contributed by atoms with Crippen molar-refractivity contribution in [3.05, 3.63) is 59.9 Å². The number of hydrogen-bond donors (Lipinski definition) is 2. The Morgan fingerprint density at radius 3 is 2.35 bits per heavy atom. The molecule has 5 nitrogen and oxygen atoms in total. The van der Waals surface area contributed by atoms with Gasteiger partial charge in [-0.25, -0.2) is 4.39 Å². The highest BCUT2D eigenvalue weighted by molar-refractivity contribution is 7.85. The quantitative estimate of drug-likeness (QED) is 0.516. The molecule has 0 amide bonds. The van der Waals surface area contributed by atoms with Crippen molar-refractivity contribution in [3.8, 4) is 0 Å². The van der Waals surface area contributed by atoms with E-state index in [9.17, 15) is 12.8 Å². The van der Waals surface area contributed by atoms with Gasteiger partial charge in [-0.3, -0.25) is 9.98 Å². The van der Waals surface area contributed by atoms with Crippen LogP contribution >= 0.6 is 0 Å². The van der Waals surface area contributed by atoms with Crippen LogP contribution in [0.2, 0.25) is 0 Å². The molecule has 0 aromatic heterocycles. The van der Waals surface area contributed by atoms with Crippen molar-refractivity contribution in [2.24, 2.45) is 5.10 Å². The van der Waals surface area contributed by atoms with Gasteiger partial charge in [0.05, 0.1) is 16.8 Å². The maximum absolute atomic E-state index is 13.3. The fraction of sp³-hybridized carbons (Fsp3) is 0. The van der Waals surface area contributed by atoms with Gasteiger partial charge in [-0.2, -0.15) is 13.5 Å². The molecule has 2 aromatic rings. The minimum absolute atomic E-state index is 0.207. The van der Waals surface area contributed by atoms with Crippen LogP contribution in [0.3, 0.4) is 0 Å². The molecule has 0 saturated carbocycles. The minimum Gasteiger partial charge on any atom is -0.282 e. The van der Waals surface area contributed by atoms with Crippen LogP contribution in [0.25, 0.3) is 0 Å². The van der Waals surface area contributed by atoms with Crippen molar-refractivity contribution in [1.82, 2.24) is 0 Å². The third-order valence-corrected chi connectivity index (χ3v) is 3.32. The molecule has 0 atom stereocenters. The molecule has 0 saturated heterocycles. The van der Waals surface area contributed by atoms with E-state index < -0.39 is 10.1 Å². The molecule has 0 bridgehead atoms. The molecule has 0 heterocycles. The molecule has 0 fully saturated rings. The Kier molecular flexibility index (Phi) is 4.11. The molecule has 20 heavy (non-hydrogen) atoms. The van der Waals surface area contributed by atoms with Crippen LogP contribution in [0, 0.1) is 5.82 Å². The van der Waals surface area contributed by atoms with E-state index in [2.05, 4.69) is 10.5 Å². The summed E-state index contributed by atoms with van der Waals surface area (Å²) in [5.74, 6) is -0.389. The fourth-order valence-corrected chi connectivity index (χ4v) is 1.94. The zero-order valence-corrected chi connectivity index (χ0v) is 11.0. The third-order valence-electron chi connectivity index (χ3n) is 2.45. The lowest BCUT2D eigenvalue weighted by molar-refractivity contribution is 0.483. The van der Waals surface area contributed by atoms with E-state index in [1.54, 1.807) is 18.2 Å². The zero-order chi connectivity index (χ0) is 14.6. The first-order valence-corrected chi connectivity index (χ1v) is 7.02. The second kappa shape index (κ2) is 5.81. The van der Waals surface area contributed by atoms with Gasteiger partial charge in [-0.1, -0.05) is 18.2 Å². The van der Waals surface area contributed by atoms with Gasteiger partial charge >= 0.3 is 0 Å². The predicted octanol–water partition coefficient (Wildman–Crippen LogP) is 2.52. The Labute approximate surface area is 115 Å². The number of hydrazone groups is 1. The van der Waals surface area contributed by atoms with Gasteiger partial charge in [0.2, 0.25) is 0 Å². The largest absolute Gasteiger partial charge is 0.294 e. The first-order chi connectivity index (χ1) is 9.47. The first-order valence-electron chi connectivity index (χ1n) is 5.58. The van der Waals surface area contributed by atoms with Crippen molar-refractivity contribution < 1.29 is 17.4 Å². The van der Waals surface area contributed by atoms with Crippen molar-refractivity contribution in [2.45, 2.75) is 4.90 Å². The normalized spacial score (nSPS) is 11.7. The van der Waals surface area contributed by atoms with E-state index in [0.29, 0.717) is 11.3 Å². The number of nitrogens with zero attached hydrogens (tertiary/aromatic N) is 1. The van der Waals surface area contributed by atoms with Crippen molar-refractivity contribution >= 4 is 22.0 Å². The molecule has 0 unspecified atom stereocenters. The summed E-state index contributed by atoms with van der Waals surface area (Å²) < 4.78 is 43.8. The zero-order valence-electron chi connectivity index (χ0n) is 10.2. The molecule has 104 valence electrons. The van der Waals surface area contributed by atoms with E-state index >= 15 is 0 Å². The lowest BCUT2D eigenvalue weighted by atomic mass is 10.2. The molecular formula is C13H11FN2O3S. The van der Waals surface area contributed by atoms with Gasteiger partial charge in [0, 0.05) is 5.56 Å². The van der Waals surface area contributed by atoms with Crippen molar-refractivity contribution in [3.63, 3.8) is 0 Å². The second-order valence-electron chi connectivity index (χ2n) is 3.89. The number of nitrogens with one attached hydrogen (secondary N) is 1. The second-order valence-corrected chi connectivity index (χ2v) is 5.31. The van der Waals surface area contributed by atoms with Crippen LogP contribution in [-0.2, 0) is 10.1 Å². The molecule has 0 aliphatic carbocycles. The van der Waals surface area contributed by atoms with Crippen LogP contribution in [0.4, 0.5) is 10.1 Å². The summed E-state index contributed by atoms with van der Waals surface area (Å²) in [5.41, 5.74) is 3.46. The van der Waals surface area contributed by atoms with Gasteiger partial charge in [0.25, 0.3) is 10.1 Å². The highest BCUT2D eigenvalue weighted by Gasteiger charge is 2.07. The Hall–Kier alpha value is -2.25. The molecule has 0 spiro atoms. The average Bonchev–Trinajstić information content (AvgIpc) is 2.40. The van der Waals surface area contributed by atoms with Gasteiger partial charge in [0.1, 0.15) is 5.82 Å². The maximum Gasteiger partial charge on any atom is 0.294 e. The lowest BCUT2D eigenvalue weighted by Crippen LogP contribution is -1.98. The Bertz CT molecular complexity index is 728. The SMILES string of the molecule is O=S(=O)(O)c1ccc(NN=Cc2ccccc2F)cc1. The van der Waals surface area contributed by atoms with E-state index in [-0.39, 0.29) is 10.7 Å². The molecule has 2 N–H and O–H groups in total. The molecule has 2 rings (SSSR count). The van der Waals surface area contributed by atoms with Gasteiger partial charge < -0.3 is 0 Å². The summed E-state index contributed by atoms with van der Waals surface area (Å²) >= 11 is 0. The molecule has 0 radical (unpaired) electrons. The van der Waals surface area contributed by atoms with E-state index in [4.69, 9.17) is 4.55 Å². The first kappa shape index (κ1) is 14.2. The number of anilines is 1. The topological polar surface area (TPSA) is 78.8 Å². The standard InChI is InChI=1S/C13H11FN2O3S/c14-13-4-2-1-3-10(13)9-15-16-11-5-7-12(8-6-11)20(17,18)19/h1-9,16H,(H,17,18,19). The summed E-state index contributed by atoms with van der Waals surface area (Å²) in [7, 11) is -4.20. The number of halogens is 1. The van der Waals surface area contributed by atoms with E-state index in [1.165, 1.54) is 36.5 Å². The lowest BCUT2D eigenvalue weighted by Gasteiger charge is -2.01. The fourth-order valence-electron chi connectivity index (χ4n) is 1.46. The summed E-state index contributed by atoms with van der Waals surface area (Å²) in [6.07, 6.45) is 1.31. The van der Waals surface area contributed by atoms with Crippen LogP contribution in [0.5, 0.6) is 0 Å². The molecule has 2 aromatic carbocycles. The van der Waals surface area contributed by atoms with Crippen LogP contribution < -0.4 is 5.43 Å². The summed E-state index contributed by atoms with van der Waals surface area (Å²) in [5, 5.41) is 3.84. The molecular weight excluding hydrogens is 283 g/mol. The smallest absolute Gasteiger partial charge is 0.282 e.